The van der Waals surface area contributed by atoms with Gasteiger partial charge in [0.05, 0.1) is 11.6 Å². The van der Waals surface area contributed by atoms with E-state index in [2.05, 4.69) is 11.1 Å². The predicted molar refractivity (Wildman–Crippen MR) is 77.5 cm³/mol. The van der Waals surface area contributed by atoms with Gasteiger partial charge in [0.1, 0.15) is 10.3 Å². The van der Waals surface area contributed by atoms with Crippen LogP contribution in [0.2, 0.25) is 10.3 Å². The van der Waals surface area contributed by atoms with Crippen molar-refractivity contribution in [2.24, 2.45) is 0 Å². The first kappa shape index (κ1) is 13.7. The van der Waals surface area contributed by atoms with Gasteiger partial charge in [0, 0.05) is 24.8 Å². The highest BCUT2D eigenvalue weighted by Crippen LogP contribution is 2.21. The average Bonchev–Trinajstić information content (AvgIpc) is 2.42. The molecule has 5 heteroatoms. The van der Waals surface area contributed by atoms with E-state index in [1.807, 2.05) is 30.1 Å². The molecule has 0 aliphatic rings. The van der Waals surface area contributed by atoms with Crippen LogP contribution in [0, 0.1) is 11.3 Å². The van der Waals surface area contributed by atoms with E-state index in [9.17, 15) is 0 Å². The van der Waals surface area contributed by atoms with E-state index in [4.69, 9.17) is 28.5 Å². The summed E-state index contributed by atoms with van der Waals surface area (Å²) in [6.07, 6.45) is 0. The van der Waals surface area contributed by atoms with Crippen molar-refractivity contribution in [3.63, 3.8) is 0 Å². The van der Waals surface area contributed by atoms with Crippen LogP contribution in [0.25, 0.3) is 0 Å². The molecule has 2 rings (SSSR count). The molecule has 0 fully saturated rings. The molecule has 0 spiro atoms. The number of halogens is 2. The molecule has 0 bridgehead atoms. The highest BCUT2D eigenvalue weighted by Gasteiger charge is 2.07. The summed E-state index contributed by atoms with van der Waals surface area (Å²) in [7, 11) is 1.95. The Labute approximate surface area is 122 Å². The molecule has 0 saturated carbocycles. The van der Waals surface area contributed by atoms with Crippen LogP contribution in [0.15, 0.2) is 36.4 Å². The molecule has 1 aromatic heterocycles. The molecule has 96 valence electrons. The molecule has 0 aliphatic carbocycles. The van der Waals surface area contributed by atoms with Gasteiger partial charge in [-0.25, -0.2) is 4.98 Å². The zero-order valence-electron chi connectivity index (χ0n) is 10.3. The summed E-state index contributed by atoms with van der Waals surface area (Å²) < 4.78 is 0. The lowest BCUT2D eigenvalue weighted by atomic mass is 10.2. The number of hydrogen-bond acceptors (Lipinski definition) is 3. The maximum Gasteiger partial charge on any atom is 0.135 e. The van der Waals surface area contributed by atoms with Crippen LogP contribution in [0.1, 0.15) is 11.1 Å². The summed E-state index contributed by atoms with van der Waals surface area (Å²) in [5.41, 5.74) is 2.55. The number of hydrogen-bond donors (Lipinski definition) is 0. The highest BCUT2D eigenvalue weighted by atomic mass is 35.5. The van der Waals surface area contributed by atoms with E-state index in [0.29, 0.717) is 22.4 Å². The minimum absolute atomic E-state index is 0.384. The number of pyridine rings is 1. The Balaban J connectivity index is 2.16. The van der Waals surface area contributed by atoms with Gasteiger partial charge in [0.15, 0.2) is 0 Å². The molecule has 0 unspecified atom stereocenters. The van der Waals surface area contributed by atoms with Crippen LogP contribution in [0.5, 0.6) is 0 Å². The van der Waals surface area contributed by atoms with Gasteiger partial charge in [-0.3, -0.25) is 0 Å². The zero-order valence-corrected chi connectivity index (χ0v) is 11.8. The second-order valence-corrected chi connectivity index (χ2v) is 4.84. The molecule has 0 atom stereocenters. The SMILES string of the molecule is CN(Cc1ccc(Cl)nc1Cl)c1ccc(C#N)cc1. The second-order valence-electron chi connectivity index (χ2n) is 4.10. The minimum atomic E-state index is 0.384. The van der Waals surface area contributed by atoms with E-state index in [0.717, 1.165) is 11.3 Å². The fraction of sp³-hybridized carbons (Fsp3) is 0.143. The number of aromatic nitrogens is 1. The lowest BCUT2D eigenvalue weighted by molar-refractivity contribution is 0.915. The Kier molecular flexibility index (Phi) is 4.26. The maximum atomic E-state index is 8.76. The topological polar surface area (TPSA) is 39.9 Å². The summed E-state index contributed by atoms with van der Waals surface area (Å²) in [6, 6.07) is 13.0. The van der Waals surface area contributed by atoms with Gasteiger partial charge in [0.2, 0.25) is 0 Å². The monoisotopic (exact) mass is 291 g/mol. The van der Waals surface area contributed by atoms with Crippen molar-refractivity contribution >= 4 is 28.9 Å². The Morgan fingerprint density at radius 3 is 2.42 bits per heavy atom. The molecule has 0 aliphatic heterocycles. The summed E-state index contributed by atoms with van der Waals surface area (Å²) in [6.45, 7) is 0.620. The first-order chi connectivity index (χ1) is 9.10. The summed E-state index contributed by atoms with van der Waals surface area (Å²) in [5, 5.41) is 9.56. The Hall–Kier alpha value is -1.76. The van der Waals surface area contributed by atoms with Gasteiger partial charge in [-0.05, 0) is 30.3 Å². The molecule has 0 N–H and O–H groups in total. The number of nitriles is 1. The van der Waals surface area contributed by atoms with Crippen LogP contribution in [-0.4, -0.2) is 12.0 Å². The van der Waals surface area contributed by atoms with Gasteiger partial charge >= 0.3 is 0 Å². The van der Waals surface area contributed by atoms with Gasteiger partial charge in [-0.15, -0.1) is 0 Å². The van der Waals surface area contributed by atoms with Crippen LogP contribution in [0.3, 0.4) is 0 Å². The van der Waals surface area contributed by atoms with Crippen molar-refractivity contribution in [1.82, 2.24) is 4.98 Å². The predicted octanol–water partition coefficient (Wildman–Crippen LogP) is 3.90. The van der Waals surface area contributed by atoms with Gasteiger partial charge in [-0.1, -0.05) is 29.3 Å². The van der Waals surface area contributed by atoms with E-state index < -0.39 is 0 Å². The van der Waals surface area contributed by atoms with Crippen LogP contribution in [0.4, 0.5) is 5.69 Å². The largest absolute Gasteiger partial charge is 0.370 e. The Bertz CT molecular complexity index is 618. The third kappa shape index (κ3) is 3.37. The average molecular weight is 292 g/mol. The standard InChI is InChI=1S/C14H11Cl2N3/c1-19(12-5-2-10(8-17)3-6-12)9-11-4-7-13(15)18-14(11)16/h2-7H,9H2,1H3. The molecule has 3 nitrogen and oxygen atoms in total. The maximum absolute atomic E-state index is 8.76. The van der Waals surface area contributed by atoms with Gasteiger partial charge in [-0.2, -0.15) is 5.26 Å². The molecule has 0 amide bonds. The van der Waals surface area contributed by atoms with Gasteiger partial charge < -0.3 is 4.90 Å². The third-order valence-electron chi connectivity index (χ3n) is 2.74. The smallest absolute Gasteiger partial charge is 0.135 e. The van der Waals surface area contributed by atoms with Gasteiger partial charge in [0.25, 0.3) is 0 Å². The van der Waals surface area contributed by atoms with Crippen LogP contribution >= 0.6 is 23.2 Å². The van der Waals surface area contributed by atoms with Crippen LogP contribution < -0.4 is 4.90 Å². The molecule has 0 saturated heterocycles. The zero-order chi connectivity index (χ0) is 13.8. The third-order valence-corrected chi connectivity index (χ3v) is 3.27. The molecule has 19 heavy (non-hydrogen) atoms. The quantitative estimate of drug-likeness (QED) is 0.805. The van der Waals surface area contributed by atoms with E-state index in [1.54, 1.807) is 18.2 Å². The summed E-state index contributed by atoms with van der Waals surface area (Å²) in [4.78, 5) is 6.03. The normalized spacial score (nSPS) is 10.0. The summed E-state index contributed by atoms with van der Waals surface area (Å²) >= 11 is 11.8. The van der Waals surface area contributed by atoms with Crippen molar-refractivity contribution in [2.45, 2.75) is 6.54 Å². The lowest BCUT2D eigenvalue weighted by Crippen LogP contribution is -2.16. The lowest BCUT2D eigenvalue weighted by Gasteiger charge is -2.19. The molecule has 2 aromatic rings. The molecule has 0 radical (unpaired) electrons. The fourth-order valence-corrected chi connectivity index (χ4v) is 2.10. The van der Waals surface area contributed by atoms with Crippen molar-refractivity contribution in [2.75, 3.05) is 11.9 Å². The first-order valence-corrected chi connectivity index (χ1v) is 6.38. The Morgan fingerprint density at radius 1 is 1.16 bits per heavy atom. The number of rotatable bonds is 3. The number of nitrogens with zero attached hydrogens (tertiary/aromatic N) is 3. The van der Waals surface area contributed by atoms with Crippen molar-refractivity contribution < 1.29 is 0 Å². The van der Waals surface area contributed by atoms with Crippen molar-refractivity contribution in [3.05, 3.63) is 57.8 Å². The van der Waals surface area contributed by atoms with E-state index in [-0.39, 0.29) is 0 Å². The fourth-order valence-electron chi connectivity index (χ4n) is 1.70. The van der Waals surface area contributed by atoms with Crippen molar-refractivity contribution in [3.8, 4) is 6.07 Å². The molecular weight excluding hydrogens is 281 g/mol. The van der Waals surface area contributed by atoms with Crippen LogP contribution in [-0.2, 0) is 6.54 Å². The van der Waals surface area contributed by atoms with E-state index in [1.165, 1.54) is 0 Å². The van der Waals surface area contributed by atoms with E-state index >= 15 is 0 Å². The minimum Gasteiger partial charge on any atom is -0.370 e. The van der Waals surface area contributed by atoms with Crippen molar-refractivity contribution in [1.29, 1.82) is 5.26 Å². The molecular formula is C14H11Cl2N3. The number of anilines is 1. The number of benzene rings is 1. The highest BCUT2D eigenvalue weighted by molar-refractivity contribution is 6.32. The summed E-state index contributed by atoms with van der Waals surface area (Å²) in [5.74, 6) is 0. The second kappa shape index (κ2) is 5.92. The molecule has 1 heterocycles. The molecule has 1 aromatic carbocycles. The Morgan fingerprint density at radius 2 is 1.84 bits per heavy atom. The first-order valence-electron chi connectivity index (χ1n) is 5.62.